The van der Waals surface area contributed by atoms with Gasteiger partial charge in [0.15, 0.2) is 0 Å². The second-order valence-electron chi connectivity index (χ2n) is 13.2. The van der Waals surface area contributed by atoms with E-state index in [2.05, 4.69) is 175 Å². The summed E-state index contributed by atoms with van der Waals surface area (Å²) in [6.07, 6.45) is 10.5. The monoisotopic (exact) mass is 930 g/mol. The van der Waals surface area contributed by atoms with Crippen molar-refractivity contribution in [2.45, 2.75) is 34.1 Å². The van der Waals surface area contributed by atoms with Crippen LogP contribution in [0.4, 0.5) is 25.2 Å². The Hall–Kier alpha value is -2.23. The molecule has 0 spiro atoms. The zero-order chi connectivity index (χ0) is 38.7. The first-order valence-corrected chi connectivity index (χ1v) is 23.7. The van der Waals surface area contributed by atoms with Crippen LogP contribution in [0.2, 0.25) is 0 Å². The second kappa shape index (κ2) is 17.3. The quantitative estimate of drug-likeness (QED) is 0.0850. The van der Waals surface area contributed by atoms with Crippen LogP contribution in [0.3, 0.4) is 0 Å². The van der Waals surface area contributed by atoms with Crippen LogP contribution < -0.4 is 31.8 Å². The van der Waals surface area contributed by atoms with Gasteiger partial charge in [0.1, 0.15) is 0 Å². The van der Waals surface area contributed by atoms with E-state index in [9.17, 15) is 25.2 Å². The first-order valence-electron chi connectivity index (χ1n) is 17.4. The van der Waals surface area contributed by atoms with Crippen molar-refractivity contribution in [2.24, 2.45) is 11.8 Å². The SMILES string of the molecule is Cc1sc(C)c(P(c2ccccc2)c2ccccc2)c1-c1c(C)sc(C)c1P(c1ccccc1)c1ccccc1.F[P-](F)(F)(F)(F)F.[CH]1[CH]C2[CH][CH]C1C2.[Rh+3]. The summed E-state index contributed by atoms with van der Waals surface area (Å²) in [5.74, 6) is 1.62. The van der Waals surface area contributed by atoms with Gasteiger partial charge in [0.25, 0.3) is 0 Å². The number of hydrogen-bond donors (Lipinski definition) is 0. The summed E-state index contributed by atoms with van der Waals surface area (Å²) in [6, 6.07) is 44.6. The van der Waals surface area contributed by atoms with Gasteiger partial charge in [-0.3, -0.25) is 0 Å². The summed E-state index contributed by atoms with van der Waals surface area (Å²) >= 11 is 3.93. The van der Waals surface area contributed by atoms with Gasteiger partial charge in [-0.05, 0) is 109 Å². The largest absolute Gasteiger partial charge is 3.00 e. The maximum absolute atomic E-state index is 10.7. The predicted molar refractivity (Wildman–Crippen MR) is 226 cm³/mol. The summed E-state index contributed by atoms with van der Waals surface area (Å²) in [7, 11) is -12.1. The Morgan fingerprint density at radius 3 is 0.873 bits per heavy atom. The van der Waals surface area contributed by atoms with E-state index in [1.807, 2.05) is 22.7 Å². The fraction of sp³-hybridized carbons (Fsp3) is 0.163. The van der Waals surface area contributed by atoms with Crippen molar-refractivity contribution in [1.82, 2.24) is 0 Å². The smallest absolute Gasteiger partial charge is 0.0464 e. The molecule has 0 unspecified atom stereocenters. The van der Waals surface area contributed by atoms with Gasteiger partial charge in [-0.1, -0.05) is 121 Å². The van der Waals surface area contributed by atoms with Crippen molar-refractivity contribution in [3.63, 3.8) is 0 Å². The first kappa shape index (κ1) is 43.9. The average molecular weight is 931 g/mol. The van der Waals surface area contributed by atoms with Crippen LogP contribution in [-0.2, 0) is 19.5 Å². The van der Waals surface area contributed by atoms with Crippen LogP contribution in [0.25, 0.3) is 11.1 Å². The molecule has 0 N–H and O–H groups in total. The number of benzene rings is 4. The third kappa shape index (κ3) is 11.9. The van der Waals surface area contributed by atoms with Crippen molar-refractivity contribution >= 4 is 78.2 Å². The molecule has 2 heterocycles. The Labute approximate surface area is 344 Å². The number of thiophene rings is 2. The van der Waals surface area contributed by atoms with E-state index in [0.29, 0.717) is 0 Å². The zero-order valence-corrected chi connectivity index (χ0v) is 36.4. The third-order valence-electron chi connectivity index (χ3n) is 8.97. The minimum atomic E-state index is -10.7. The van der Waals surface area contributed by atoms with E-state index in [-0.39, 0.29) is 19.5 Å². The van der Waals surface area contributed by atoms with E-state index in [1.165, 1.54) is 68.9 Å². The normalized spacial score (nSPS) is 17.4. The molecule has 2 fully saturated rings. The molecule has 2 bridgehead atoms. The third-order valence-corrected chi connectivity index (χ3v) is 16.6. The molecule has 55 heavy (non-hydrogen) atoms. The topological polar surface area (TPSA) is 0 Å². The number of rotatable bonds is 7. The zero-order valence-electron chi connectivity index (χ0n) is 30.5. The van der Waals surface area contributed by atoms with Gasteiger partial charge in [0.05, 0.1) is 0 Å². The van der Waals surface area contributed by atoms with E-state index in [1.54, 1.807) is 0 Å². The molecule has 0 amide bonds. The molecule has 0 saturated heterocycles. The summed E-state index contributed by atoms with van der Waals surface area (Å²) in [6.45, 7) is 9.35. The molecule has 6 aromatic rings. The van der Waals surface area contributed by atoms with Crippen LogP contribution in [0.15, 0.2) is 121 Å². The summed E-state index contributed by atoms with van der Waals surface area (Å²) < 4.78 is 59.2. The van der Waals surface area contributed by atoms with Gasteiger partial charge in [-0.15, -0.1) is 22.7 Å². The number of hydrogen-bond acceptors (Lipinski definition) is 2. The molecule has 4 radical (unpaired) electrons. The number of halogens is 6. The minimum Gasteiger partial charge on any atom is -0.0464 e. The van der Waals surface area contributed by atoms with Gasteiger partial charge in [0, 0.05) is 41.2 Å². The van der Waals surface area contributed by atoms with Crippen LogP contribution in [0.1, 0.15) is 25.9 Å². The van der Waals surface area contributed by atoms with Gasteiger partial charge in [-0.25, -0.2) is 0 Å². The predicted octanol–water partition coefficient (Wildman–Crippen LogP) is 13.1. The molecule has 2 aromatic heterocycles. The summed E-state index contributed by atoms with van der Waals surface area (Å²) in [4.78, 5) is 5.71. The van der Waals surface area contributed by atoms with E-state index in [4.69, 9.17) is 0 Å². The Balaban J connectivity index is 0.000000324. The molecule has 2 saturated carbocycles. The molecule has 2 aliphatic rings. The fourth-order valence-electron chi connectivity index (χ4n) is 6.92. The van der Waals surface area contributed by atoms with Crippen LogP contribution in [0.5, 0.6) is 0 Å². The molecule has 2 aliphatic carbocycles. The number of aryl methyl sites for hydroxylation is 4. The van der Waals surface area contributed by atoms with Gasteiger partial charge in [-0.2, -0.15) is 0 Å². The average Bonchev–Trinajstić information content (AvgIpc) is 3.91. The Bertz CT molecular complexity index is 1920. The molecule has 8 rings (SSSR count). The fourth-order valence-corrected chi connectivity index (χ4v) is 15.0. The van der Waals surface area contributed by atoms with Gasteiger partial charge >= 0.3 is 52.5 Å². The van der Waals surface area contributed by atoms with Crippen LogP contribution >= 0.6 is 46.3 Å². The van der Waals surface area contributed by atoms with Crippen LogP contribution in [-0.4, -0.2) is 0 Å². The van der Waals surface area contributed by atoms with Crippen molar-refractivity contribution in [2.75, 3.05) is 0 Å². The van der Waals surface area contributed by atoms with Gasteiger partial charge < -0.3 is 0 Å². The van der Waals surface area contributed by atoms with Crippen molar-refractivity contribution < 1.29 is 44.7 Å². The molecule has 0 aliphatic heterocycles. The van der Waals surface area contributed by atoms with Crippen molar-refractivity contribution in [3.05, 3.63) is 167 Å². The van der Waals surface area contributed by atoms with Crippen molar-refractivity contribution in [1.29, 1.82) is 0 Å². The molecule has 288 valence electrons. The van der Waals surface area contributed by atoms with E-state index >= 15 is 0 Å². The first-order chi connectivity index (χ1) is 25.4. The van der Waals surface area contributed by atoms with Crippen molar-refractivity contribution in [3.8, 4) is 11.1 Å². The Morgan fingerprint density at radius 1 is 0.436 bits per heavy atom. The van der Waals surface area contributed by atoms with E-state index in [0.717, 1.165) is 11.8 Å². The molecule has 4 aromatic carbocycles. The molecular formula is C43H40F6P3RhS2+2. The second-order valence-corrected chi connectivity index (χ2v) is 22.3. The maximum atomic E-state index is 9.87. The molecule has 0 nitrogen and oxygen atoms in total. The summed E-state index contributed by atoms with van der Waals surface area (Å²) in [5.41, 5.74) is 2.94. The summed E-state index contributed by atoms with van der Waals surface area (Å²) in [5, 5.41) is 8.67. The molecular weight excluding hydrogens is 890 g/mol. The van der Waals surface area contributed by atoms with Gasteiger partial charge in [0.2, 0.25) is 0 Å². The Kier molecular flexibility index (Phi) is 13.8. The maximum Gasteiger partial charge on any atom is 3.00 e. The van der Waals surface area contributed by atoms with E-state index < -0.39 is 23.7 Å². The Morgan fingerprint density at radius 2 is 0.673 bits per heavy atom. The molecule has 12 heteroatoms. The number of fused-ring (bicyclic) bond motifs is 2. The van der Waals surface area contributed by atoms with Crippen LogP contribution in [0, 0.1) is 65.2 Å². The molecule has 0 atom stereocenters. The minimum absolute atomic E-state index is 0. The standard InChI is InChI=1S/C36H32P2S2.C7H8.F6P.Rh/c1-25-33(35(27(3)39-25)37(29-17-9-5-10-18-29)30-19-11-6-12-20-30)34-26(2)40-28(4)36(34)38(31-21-13-7-14-22-31)32-23-15-8-16-24-32;1-2-7-4-3-6(1)5-7;1-7(2,3,4,5)6;/h5-24H,1-4H3;1-4,6-7H,5H2;;/q;;-1;+3.